The Morgan fingerprint density at radius 1 is 0.474 bits per heavy atom. The fourth-order valence-electron chi connectivity index (χ4n) is 11.1. The third-order valence-electron chi connectivity index (χ3n) is 15.6. The van der Waals surface area contributed by atoms with Crippen molar-refractivity contribution in [2.45, 2.75) is 105 Å². The zero-order valence-corrected chi connectivity index (χ0v) is 46.9. The van der Waals surface area contributed by atoms with Crippen molar-refractivity contribution in [3.63, 3.8) is 0 Å². The van der Waals surface area contributed by atoms with E-state index in [-0.39, 0.29) is 21.7 Å². The standard InChI is InChI=1S/C70H68N4OS/c1-67(2,3)47-29-24-45(25-30-47)56-38-50(70(10,11)12)39-57(46-26-31-48(32-27-46)68(4,5)6)64(56)73-43-72(58-22-15-16-23-59(58)73)51-19-17-20-52(41-51)75-53-33-34-55-60(42-53)74(62-40-49(36-37-71-62)69(7,8)9)65-63-54-21-14-13-18-44(54)28-35-61(63)76-66(55)65/h13-42H,43H2,1-12H3. The molecule has 0 fully saturated rings. The van der Waals surface area contributed by atoms with Crippen LogP contribution in [0.1, 0.15) is 105 Å². The van der Waals surface area contributed by atoms with Crippen molar-refractivity contribution >= 4 is 76.1 Å². The summed E-state index contributed by atoms with van der Waals surface area (Å²) in [6.07, 6.45) is 1.96. The van der Waals surface area contributed by atoms with E-state index >= 15 is 0 Å². The van der Waals surface area contributed by atoms with Gasteiger partial charge in [-0.2, -0.15) is 0 Å². The number of hydrogen-bond acceptors (Lipinski definition) is 5. The molecule has 0 spiro atoms. The van der Waals surface area contributed by atoms with Crippen molar-refractivity contribution in [3.05, 3.63) is 204 Å². The largest absolute Gasteiger partial charge is 0.457 e. The van der Waals surface area contributed by atoms with Crippen LogP contribution in [-0.4, -0.2) is 16.2 Å². The summed E-state index contributed by atoms with van der Waals surface area (Å²) in [4.78, 5) is 10.1. The Labute approximate surface area is 453 Å². The van der Waals surface area contributed by atoms with Gasteiger partial charge >= 0.3 is 0 Å². The molecule has 380 valence electrons. The summed E-state index contributed by atoms with van der Waals surface area (Å²) in [5.41, 5.74) is 16.8. The second-order valence-electron chi connectivity index (χ2n) is 25.0. The van der Waals surface area contributed by atoms with Crippen molar-refractivity contribution in [2.24, 2.45) is 0 Å². The van der Waals surface area contributed by atoms with Gasteiger partial charge in [0.1, 0.15) is 24.0 Å². The smallest absolute Gasteiger partial charge is 0.137 e. The van der Waals surface area contributed by atoms with E-state index in [2.05, 4.69) is 273 Å². The Kier molecular flexibility index (Phi) is 11.6. The lowest BCUT2D eigenvalue weighted by Crippen LogP contribution is -2.25. The number of thiophene rings is 1. The molecule has 0 saturated heterocycles. The number of hydrogen-bond donors (Lipinski definition) is 0. The van der Waals surface area contributed by atoms with Gasteiger partial charge in [-0.3, -0.25) is 4.57 Å². The monoisotopic (exact) mass is 1010 g/mol. The quantitative estimate of drug-likeness (QED) is 0.159. The molecule has 6 heteroatoms. The molecule has 1 aliphatic heterocycles. The van der Waals surface area contributed by atoms with Gasteiger partial charge in [-0.15, -0.1) is 11.3 Å². The van der Waals surface area contributed by atoms with Crippen LogP contribution in [0.4, 0.5) is 22.7 Å². The summed E-state index contributed by atoms with van der Waals surface area (Å²) in [5, 5.41) is 4.92. The van der Waals surface area contributed by atoms with Gasteiger partial charge < -0.3 is 14.5 Å². The van der Waals surface area contributed by atoms with E-state index in [1.54, 1.807) is 0 Å². The molecule has 11 aromatic rings. The first-order valence-corrected chi connectivity index (χ1v) is 27.7. The molecule has 4 heterocycles. The van der Waals surface area contributed by atoms with E-state index in [4.69, 9.17) is 9.72 Å². The number of aromatic nitrogens is 2. The topological polar surface area (TPSA) is 33.5 Å². The first kappa shape index (κ1) is 49.2. The first-order chi connectivity index (χ1) is 36.2. The Balaban J connectivity index is 0.971. The molecule has 76 heavy (non-hydrogen) atoms. The van der Waals surface area contributed by atoms with Crippen LogP contribution in [0.2, 0.25) is 0 Å². The Bertz CT molecular complexity index is 3960. The highest BCUT2D eigenvalue weighted by Gasteiger charge is 2.33. The van der Waals surface area contributed by atoms with Crippen LogP contribution in [0.5, 0.6) is 11.5 Å². The molecule has 0 bridgehead atoms. The molecule has 0 amide bonds. The average molecular weight is 1010 g/mol. The summed E-state index contributed by atoms with van der Waals surface area (Å²) in [6, 6.07) is 65.2. The predicted octanol–water partition coefficient (Wildman–Crippen LogP) is 20.1. The molecule has 0 atom stereocenters. The molecule has 0 aliphatic carbocycles. The third-order valence-corrected chi connectivity index (χ3v) is 16.7. The van der Waals surface area contributed by atoms with E-state index in [0.29, 0.717) is 6.67 Å². The minimum Gasteiger partial charge on any atom is -0.457 e. The number of anilines is 4. The molecule has 8 aromatic carbocycles. The van der Waals surface area contributed by atoms with E-state index < -0.39 is 0 Å². The molecular formula is C70H68N4OS. The minimum atomic E-state index is -0.0880. The third kappa shape index (κ3) is 8.71. The molecular weight excluding hydrogens is 945 g/mol. The van der Waals surface area contributed by atoms with E-state index in [1.807, 2.05) is 17.5 Å². The summed E-state index contributed by atoms with van der Waals surface area (Å²) < 4.78 is 11.9. The van der Waals surface area contributed by atoms with Crippen LogP contribution in [0.3, 0.4) is 0 Å². The fourth-order valence-corrected chi connectivity index (χ4v) is 12.4. The van der Waals surface area contributed by atoms with Crippen molar-refractivity contribution < 1.29 is 4.74 Å². The van der Waals surface area contributed by atoms with Gasteiger partial charge in [0.25, 0.3) is 0 Å². The van der Waals surface area contributed by atoms with Crippen molar-refractivity contribution in [1.29, 1.82) is 0 Å². The summed E-state index contributed by atoms with van der Waals surface area (Å²) >= 11 is 1.85. The van der Waals surface area contributed by atoms with E-state index in [9.17, 15) is 0 Å². The van der Waals surface area contributed by atoms with Gasteiger partial charge in [-0.05, 0) is 133 Å². The summed E-state index contributed by atoms with van der Waals surface area (Å²) in [6.45, 7) is 28.1. The van der Waals surface area contributed by atoms with Crippen molar-refractivity contribution in [1.82, 2.24) is 9.55 Å². The number of pyridine rings is 1. The lowest BCUT2D eigenvalue weighted by atomic mass is 9.81. The highest BCUT2D eigenvalue weighted by molar-refractivity contribution is 7.27. The number of ether oxygens (including phenoxy) is 1. The maximum Gasteiger partial charge on any atom is 0.137 e. The number of fused-ring (bicyclic) bond motifs is 8. The Morgan fingerprint density at radius 2 is 1.07 bits per heavy atom. The maximum absolute atomic E-state index is 6.98. The number of rotatable bonds is 7. The van der Waals surface area contributed by atoms with Gasteiger partial charge in [0.2, 0.25) is 0 Å². The highest BCUT2D eigenvalue weighted by atomic mass is 32.1. The van der Waals surface area contributed by atoms with Gasteiger partial charge in [-0.25, -0.2) is 4.98 Å². The zero-order valence-electron chi connectivity index (χ0n) is 46.1. The van der Waals surface area contributed by atoms with Crippen molar-refractivity contribution in [2.75, 3.05) is 16.5 Å². The number of benzene rings is 8. The molecule has 5 nitrogen and oxygen atoms in total. The maximum atomic E-state index is 6.98. The molecule has 12 rings (SSSR count). The Morgan fingerprint density at radius 3 is 1.70 bits per heavy atom. The lowest BCUT2D eigenvalue weighted by molar-refractivity contribution is 0.483. The second kappa shape index (κ2) is 18.0. The first-order valence-electron chi connectivity index (χ1n) is 26.9. The molecule has 0 saturated carbocycles. The SMILES string of the molecule is CC(C)(C)c1ccc(-c2cc(C(C)(C)C)cc(-c3ccc(C(C)(C)C)cc3)c2N2CN(c3cccc(Oc4ccc5c6sc7ccc8ccccc8c7c6n(-c6cc(C(C)(C)C)ccn6)c5c4)c3)c3ccccc32)cc1. The van der Waals surface area contributed by atoms with Crippen LogP contribution in [0.25, 0.3) is 70.0 Å². The zero-order chi connectivity index (χ0) is 53.1. The summed E-state index contributed by atoms with van der Waals surface area (Å²) in [7, 11) is 0. The van der Waals surface area contributed by atoms with Gasteiger partial charge in [0, 0.05) is 50.6 Å². The fraction of sp³-hybridized carbons (Fsp3) is 0.243. The van der Waals surface area contributed by atoms with Crippen LogP contribution in [-0.2, 0) is 21.7 Å². The molecule has 0 unspecified atom stereocenters. The molecule has 0 radical (unpaired) electrons. The van der Waals surface area contributed by atoms with Crippen molar-refractivity contribution in [3.8, 4) is 39.6 Å². The normalized spacial score (nSPS) is 13.4. The summed E-state index contributed by atoms with van der Waals surface area (Å²) in [5.74, 6) is 2.44. The minimum absolute atomic E-state index is 0.0390. The van der Waals surface area contributed by atoms with Crippen LogP contribution in [0, 0.1) is 0 Å². The number of nitrogens with zero attached hydrogens (tertiary/aromatic N) is 4. The second-order valence-corrected chi connectivity index (χ2v) is 26.1. The van der Waals surface area contributed by atoms with E-state index in [1.165, 1.54) is 86.7 Å². The van der Waals surface area contributed by atoms with Gasteiger partial charge in [0.15, 0.2) is 0 Å². The van der Waals surface area contributed by atoms with Gasteiger partial charge in [-0.1, -0.05) is 180 Å². The average Bonchev–Trinajstić information content (AvgIpc) is 4.08. The molecule has 1 aliphatic rings. The van der Waals surface area contributed by atoms with Crippen LogP contribution < -0.4 is 14.5 Å². The highest BCUT2D eigenvalue weighted by Crippen LogP contribution is 2.52. The molecule has 3 aromatic heterocycles. The van der Waals surface area contributed by atoms with Crippen LogP contribution >= 0.6 is 11.3 Å². The van der Waals surface area contributed by atoms with Gasteiger partial charge in [0.05, 0.1) is 32.8 Å². The predicted molar refractivity (Wildman–Crippen MR) is 326 cm³/mol. The van der Waals surface area contributed by atoms with E-state index in [0.717, 1.165) is 39.9 Å². The van der Waals surface area contributed by atoms with Crippen LogP contribution in [0.15, 0.2) is 182 Å². The number of para-hydroxylation sites is 2. The molecule has 0 N–H and O–H groups in total. The lowest BCUT2D eigenvalue weighted by Gasteiger charge is -2.30. The Hall–Kier alpha value is -7.67.